The van der Waals surface area contributed by atoms with E-state index in [0.29, 0.717) is 12.2 Å². The standard InChI is InChI=1S/C17H21ClN2O2/c1-20-12-11-19-16(20)15(17(21)22)6-4-2-3-5-13-7-9-14(18)10-8-13/h7-12,15H,2-6H2,1H3,(H,21,22). The Morgan fingerprint density at radius 2 is 2.00 bits per heavy atom. The highest BCUT2D eigenvalue weighted by Gasteiger charge is 2.22. The molecule has 2 rings (SSSR count). The molecule has 0 spiro atoms. The van der Waals surface area contributed by atoms with Gasteiger partial charge in [0.1, 0.15) is 11.7 Å². The molecule has 1 unspecified atom stereocenters. The zero-order valence-electron chi connectivity index (χ0n) is 12.7. The van der Waals surface area contributed by atoms with Crippen LogP contribution in [0.4, 0.5) is 0 Å². The SMILES string of the molecule is Cn1ccnc1C(CCCCCc1ccc(Cl)cc1)C(=O)O. The first-order valence-electron chi connectivity index (χ1n) is 7.52. The van der Waals surface area contributed by atoms with Crippen LogP contribution in [-0.4, -0.2) is 20.6 Å². The molecule has 1 aromatic carbocycles. The predicted octanol–water partition coefficient (Wildman–Crippen LogP) is 4.04. The molecular weight excluding hydrogens is 300 g/mol. The lowest BCUT2D eigenvalue weighted by Crippen LogP contribution is -2.16. The van der Waals surface area contributed by atoms with Crippen molar-refractivity contribution in [2.75, 3.05) is 0 Å². The number of aliphatic carboxylic acids is 1. The van der Waals surface area contributed by atoms with Gasteiger partial charge in [-0.3, -0.25) is 4.79 Å². The van der Waals surface area contributed by atoms with E-state index in [1.807, 2.05) is 31.3 Å². The van der Waals surface area contributed by atoms with E-state index in [1.165, 1.54) is 5.56 Å². The van der Waals surface area contributed by atoms with Gasteiger partial charge in [-0.25, -0.2) is 4.98 Å². The van der Waals surface area contributed by atoms with Gasteiger partial charge < -0.3 is 9.67 Å². The van der Waals surface area contributed by atoms with Crippen molar-refractivity contribution in [2.45, 2.75) is 38.0 Å². The number of imidazole rings is 1. The van der Waals surface area contributed by atoms with Gasteiger partial charge >= 0.3 is 5.97 Å². The first-order chi connectivity index (χ1) is 10.6. The molecule has 0 aliphatic carbocycles. The number of carbonyl (C=O) groups is 1. The van der Waals surface area contributed by atoms with Gasteiger partial charge in [-0.15, -0.1) is 0 Å². The minimum Gasteiger partial charge on any atom is -0.481 e. The van der Waals surface area contributed by atoms with Gasteiger partial charge in [0.2, 0.25) is 0 Å². The molecule has 1 N–H and O–H groups in total. The van der Waals surface area contributed by atoms with Crippen LogP contribution in [0.3, 0.4) is 0 Å². The summed E-state index contributed by atoms with van der Waals surface area (Å²) in [7, 11) is 1.83. The number of carboxylic acids is 1. The fourth-order valence-corrected chi connectivity index (χ4v) is 2.71. The molecule has 0 saturated heterocycles. The lowest BCUT2D eigenvalue weighted by atomic mass is 9.99. The molecule has 0 fully saturated rings. The van der Waals surface area contributed by atoms with Crippen LogP contribution in [0.5, 0.6) is 0 Å². The fraction of sp³-hybridized carbons (Fsp3) is 0.412. The van der Waals surface area contributed by atoms with Crippen LogP contribution in [0.2, 0.25) is 5.02 Å². The van der Waals surface area contributed by atoms with E-state index in [9.17, 15) is 9.90 Å². The Balaban J connectivity index is 1.76. The average molecular weight is 321 g/mol. The maximum Gasteiger partial charge on any atom is 0.314 e. The third kappa shape index (κ3) is 4.60. The van der Waals surface area contributed by atoms with Gasteiger partial charge in [0.05, 0.1) is 0 Å². The van der Waals surface area contributed by atoms with Crippen molar-refractivity contribution in [3.63, 3.8) is 0 Å². The molecule has 0 aliphatic rings. The zero-order chi connectivity index (χ0) is 15.9. The van der Waals surface area contributed by atoms with E-state index in [0.717, 1.165) is 30.7 Å². The number of benzene rings is 1. The summed E-state index contributed by atoms with van der Waals surface area (Å²) < 4.78 is 1.78. The highest BCUT2D eigenvalue weighted by Crippen LogP contribution is 2.21. The second-order valence-electron chi connectivity index (χ2n) is 5.51. The predicted molar refractivity (Wildman–Crippen MR) is 87.2 cm³/mol. The Morgan fingerprint density at radius 3 is 2.59 bits per heavy atom. The highest BCUT2D eigenvalue weighted by atomic mass is 35.5. The van der Waals surface area contributed by atoms with Gasteiger partial charge in [0, 0.05) is 24.5 Å². The van der Waals surface area contributed by atoms with Crippen LogP contribution in [0.15, 0.2) is 36.7 Å². The van der Waals surface area contributed by atoms with E-state index in [1.54, 1.807) is 17.0 Å². The number of rotatable bonds is 8. The zero-order valence-corrected chi connectivity index (χ0v) is 13.5. The van der Waals surface area contributed by atoms with Crippen molar-refractivity contribution in [2.24, 2.45) is 7.05 Å². The molecule has 22 heavy (non-hydrogen) atoms. The number of nitrogens with zero attached hydrogens (tertiary/aromatic N) is 2. The molecule has 0 aliphatic heterocycles. The molecule has 0 bridgehead atoms. The summed E-state index contributed by atoms with van der Waals surface area (Å²) in [6.45, 7) is 0. The van der Waals surface area contributed by atoms with Crippen molar-refractivity contribution < 1.29 is 9.90 Å². The monoisotopic (exact) mass is 320 g/mol. The smallest absolute Gasteiger partial charge is 0.314 e. The summed E-state index contributed by atoms with van der Waals surface area (Å²) in [6.07, 6.45) is 8.00. The summed E-state index contributed by atoms with van der Waals surface area (Å²) in [6, 6.07) is 7.88. The van der Waals surface area contributed by atoms with Gasteiger partial charge in [-0.1, -0.05) is 36.6 Å². The molecule has 0 amide bonds. The van der Waals surface area contributed by atoms with Crippen LogP contribution in [0.1, 0.15) is 43.0 Å². The van der Waals surface area contributed by atoms with Crippen LogP contribution >= 0.6 is 11.6 Å². The minimum absolute atomic E-state index is 0.518. The van der Waals surface area contributed by atoms with E-state index in [-0.39, 0.29) is 0 Å². The number of carboxylic acid groups (broad SMARTS) is 1. The van der Waals surface area contributed by atoms with E-state index < -0.39 is 11.9 Å². The van der Waals surface area contributed by atoms with Crippen molar-refractivity contribution in [1.29, 1.82) is 0 Å². The largest absolute Gasteiger partial charge is 0.481 e. The molecule has 5 heteroatoms. The van der Waals surface area contributed by atoms with Crippen LogP contribution in [0.25, 0.3) is 0 Å². The summed E-state index contributed by atoms with van der Waals surface area (Å²) >= 11 is 5.86. The molecular formula is C17H21ClN2O2. The Labute approximate surface area is 135 Å². The molecule has 1 aromatic heterocycles. The summed E-state index contributed by atoms with van der Waals surface area (Å²) in [5.74, 6) is -0.687. The van der Waals surface area contributed by atoms with Crippen molar-refractivity contribution in [3.8, 4) is 0 Å². The Hall–Kier alpha value is -1.81. The van der Waals surface area contributed by atoms with E-state index in [4.69, 9.17) is 11.6 Å². The molecule has 118 valence electrons. The Morgan fingerprint density at radius 1 is 1.27 bits per heavy atom. The normalized spacial score (nSPS) is 12.3. The lowest BCUT2D eigenvalue weighted by Gasteiger charge is -2.12. The highest BCUT2D eigenvalue weighted by molar-refractivity contribution is 6.30. The summed E-state index contributed by atoms with van der Waals surface area (Å²) in [5.41, 5.74) is 1.27. The van der Waals surface area contributed by atoms with Crippen molar-refractivity contribution >= 4 is 17.6 Å². The Bertz CT molecular complexity index is 607. The first kappa shape index (κ1) is 16.6. The van der Waals surface area contributed by atoms with Gasteiger partial charge in [-0.05, 0) is 37.0 Å². The van der Waals surface area contributed by atoms with E-state index in [2.05, 4.69) is 4.98 Å². The average Bonchev–Trinajstić information content (AvgIpc) is 2.90. The minimum atomic E-state index is -0.799. The Kier molecular flexibility index (Phi) is 6.01. The first-order valence-corrected chi connectivity index (χ1v) is 7.90. The molecule has 0 radical (unpaired) electrons. The van der Waals surface area contributed by atoms with Crippen molar-refractivity contribution in [3.05, 3.63) is 53.1 Å². The molecule has 1 heterocycles. The quantitative estimate of drug-likeness (QED) is 0.747. The van der Waals surface area contributed by atoms with Gasteiger partial charge in [0.15, 0.2) is 0 Å². The number of aryl methyl sites for hydroxylation is 2. The number of unbranched alkanes of at least 4 members (excludes halogenated alkanes) is 2. The fourth-order valence-electron chi connectivity index (χ4n) is 2.58. The number of hydrogen-bond acceptors (Lipinski definition) is 2. The third-order valence-electron chi connectivity index (χ3n) is 3.84. The second-order valence-corrected chi connectivity index (χ2v) is 5.95. The number of aromatic nitrogens is 2. The summed E-state index contributed by atoms with van der Waals surface area (Å²) in [4.78, 5) is 15.6. The van der Waals surface area contributed by atoms with Crippen LogP contribution in [-0.2, 0) is 18.3 Å². The molecule has 1 atom stereocenters. The maximum absolute atomic E-state index is 11.4. The van der Waals surface area contributed by atoms with Crippen LogP contribution < -0.4 is 0 Å². The van der Waals surface area contributed by atoms with Gasteiger partial charge in [0.25, 0.3) is 0 Å². The maximum atomic E-state index is 11.4. The van der Waals surface area contributed by atoms with Crippen LogP contribution in [0, 0.1) is 0 Å². The van der Waals surface area contributed by atoms with Gasteiger partial charge in [-0.2, -0.15) is 0 Å². The third-order valence-corrected chi connectivity index (χ3v) is 4.09. The number of hydrogen-bond donors (Lipinski definition) is 1. The number of halogens is 1. The molecule has 0 saturated carbocycles. The molecule has 4 nitrogen and oxygen atoms in total. The van der Waals surface area contributed by atoms with E-state index >= 15 is 0 Å². The second kappa shape index (κ2) is 7.99. The molecule has 2 aromatic rings. The van der Waals surface area contributed by atoms with Crippen molar-refractivity contribution in [1.82, 2.24) is 9.55 Å². The lowest BCUT2D eigenvalue weighted by molar-refractivity contribution is -0.139. The topological polar surface area (TPSA) is 55.1 Å². The summed E-state index contributed by atoms with van der Waals surface area (Å²) in [5, 5.41) is 10.1.